The second kappa shape index (κ2) is 9.43. The van der Waals surface area contributed by atoms with Gasteiger partial charge in [0.2, 0.25) is 0 Å². The Kier molecular flexibility index (Phi) is 11.0. The van der Waals surface area contributed by atoms with Crippen LogP contribution < -0.4 is 18.9 Å². The molecule has 0 aromatic rings. The number of carbonyl (C=O) groups is 1. The summed E-state index contributed by atoms with van der Waals surface area (Å²) < 4.78 is 24.3. The van der Waals surface area contributed by atoms with Gasteiger partial charge in [0.15, 0.2) is 0 Å². The van der Waals surface area contributed by atoms with E-state index in [0.29, 0.717) is 0 Å². The molecule has 1 atom stereocenters. The second-order valence-corrected chi connectivity index (χ2v) is 9.92. The summed E-state index contributed by atoms with van der Waals surface area (Å²) in [6.07, 6.45) is 0.232. The third kappa shape index (κ3) is 6.87. The van der Waals surface area contributed by atoms with Crippen molar-refractivity contribution in [1.29, 1.82) is 0 Å². The van der Waals surface area contributed by atoms with Crippen molar-refractivity contribution in [3.8, 4) is 0 Å². The molecule has 0 aliphatic heterocycles. The van der Waals surface area contributed by atoms with Crippen LogP contribution in [0.2, 0.25) is 24.2 Å². The van der Waals surface area contributed by atoms with Gasteiger partial charge in [0.25, 0.3) is 0 Å². The van der Waals surface area contributed by atoms with Crippen LogP contribution in [0.15, 0.2) is 0 Å². The van der Waals surface area contributed by atoms with Crippen LogP contribution in [0, 0.1) is 0 Å². The van der Waals surface area contributed by atoms with E-state index in [2.05, 4.69) is 25.0 Å². The minimum atomic E-state index is -2.71. The van der Waals surface area contributed by atoms with Gasteiger partial charge >= 0.3 is 24.8 Å². The molecule has 0 radical (unpaired) electrons. The fraction of sp³-hybridized carbons (Fsp3) is 0.889. The van der Waals surface area contributed by atoms with Gasteiger partial charge in [-0.25, -0.2) is 4.21 Å². The fourth-order valence-corrected chi connectivity index (χ4v) is 5.30. The standard InChI is InChI=1S/C9H20O4SSi.Li.H/c1-4-15(5-2,6-3)8-7-9(10)13-14(11)12;;/h4-8H2,1-3H3,(H,11,12);;/q;+1;-1/p-1. The zero-order valence-corrected chi connectivity index (χ0v) is 12.4. The van der Waals surface area contributed by atoms with Gasteiger partial charge in [0.1, 0.15) is 11.4 Å². The summed E-state index contributed by atoms with van der Waals surface area (Å²) in [6, 6.07) is 4.22. The average molecular weight is 259 g/mol. The van der Waals surface area contributed by atoms with Crippen molar-refractivity contribution in [2.24, 2.45) is 0 Å². The Hall–Kier alpha value is 0.394. The van der Waals surface area contributed by atoms with Crippen molar-refractivity contribution in [2.45, 2.75) is 51.4 Å². The Labute approximate surface area is 115 Å². The van der Waals surface area contributed by atoms with Crippen LogP contribution in [0.1, 0.15) is 28.6 Å². The smallest absolute Gasteiger partial charge is 1.00 e. The second-order valence-electron chi connectivity index (χ2n) is 3.72. The van der Waals surface area contributed by atoms with Crippen molar-refractivity contribution >= 4 is 25.4 Å². The number of hydrogen-bond acceptors (Lipinski definition) is 4. The van der Waals surface area contributed by atoms with Crippen LogP contribution in [0.25, 0.3) is 0 Å². The molecule has 0 bridgehead atoms. The van der Waals surface area contributed by atoms with Gasteiger partial charge in [-0.05, 0) is 6.04 Å². The van der Waals surface area contributed by atoms with E-state index < -0.39 is 25.4 Å². The molecule has 0 aromatic heterocycles. The maximum absolute atomic E-state index is 11.1. The molecule has 1 unspecified atom stereocenters. The summed E-state index contributed by atoms with van der Waals surface area (Å²) in [6.45, 7) is 6.45. The van der Waals surface area contributed by atoms with Crippen molar-refractivity contribution in [1.82, 2.24) is 0 Å². The van der Waals surface area contributed by atoms with Gasteiger partial charge < -0.3 is 10.2 Å². The predicted octanol–water partition coefficient (Wildman–Crippen LogP) is -0.661. The fourth-order valence-electron chi connectivity index (χ4n) is 1.77. The van der Waals surface area contributed by atoms with Crippen LogP contribution in [-0.2, 0) is 20.3 Å². The van der Waals surface area contributed by atoms with Crippen LogP contribution in [0.5, 0.6) is 0 Å². The zero-order chi connectivity index (χ0) is 11.9. The summed E-state index contributed by atoms with van der Waals surface area (Å²) in [5.41, 5.74) is 0. The molecule has 0 aromatic carbocycles. The Bertz CT molecular complexity index is 231. The quantitative estimate of drug-likeness (QED) is 0.450. The van der Waals surface area contributed by atoms with Crippen LogP contribution in [0.4, 0.5) is 0 Å². The van der Waals surface area contributed by atoms with E-state index in [9.17, 15) is 13.6 Å². The molecule has 0 saturated heterocycles. The Morgan fingerprint density at radius 3 is 2.06 bits per heavy atom. The number of carbonyl (C=O) groups excluding carboxylic acids is 1. The van der Waals surface area contributed by atoms with Crippen molar-refractivity contribution in [3.63, 3.8) is 0 Å². The van der Waals surface area contributed by atoms with E-state index in [1.165, 1.54) is 0 Å². The largest absolute Gasteiger partial charge is 1.00 e. The normalized spacial score (nSPS) is 12.8. The maximum atomic E-state index is 11.1. The maximum Gasteiger partial charge on any atom is 1.00 e. The van der Waals surface area contributed by atoms with E-state index in [1.54, 1.807) is 0 Å². The Morgan fingerprint density at radius 1 is 1.31 bits per heavy atom. The van der Waals surface area contributed by atoms with E-state index in [1.807, 2.05) is 0 Å². The summed E-state index contributed by atoms with van der Waals surface area (Å²) in [5, 5.41) is 0. The van der Waals surface area contributed by atoms with Gasteiger partial charge in [-0.2, -0.15) is 0 Å². The summed E-state index contributed by atoms with van der Waals surface area (Å²) in [7, 11) is -1.33. The minimum Gasteiger partial charge on any atom is -1.00 e. The summed E-state index contributed by atoms with van der Waals surface area (Å²) >= 11 is -2.71. The molecule has 16 heavy (non-hydrogen) atoms. The van der Waals surface area contributed by atoms with Crippen LogP contribution >= 0.6 is 0 Å². The summed E-state index contributed by atoms with van der Waals surface area (Å²) in [4.78, 5) is 11.1. The molecular formula is C9H20LiO4SSi-. The van der Waals surface area contributed by atoms with Gasteiger partial charge in [-0.3, -0.25) is 4.79 Å². The monoisotopic (exact) mass is 259 g/mol. The van der Waals surface area contributed by atoms with Crippen molar-refractivity contribution in [2.75, 3.05) is 0 Å². The van der Waals surface area contributed by atoms with Crippen molar-refractivity contribution < 1.29 is 38.0 Å². The third-order valence-corrected chi connectivity index (χ3v) is 9.40. The van der Waals surface area contributed by atoms with E-state index >= 15 is 0 Å². The molecule has 0 amide bonds. The van der Waals surface area contributed by atoms with E-state index in [4.69, 9.17) is 0 Å². The molecular weight excluding hydrogens is 239 g/mol. The average Bonchev–Trinajstić information content (AvgIpc) is 2.20. The molecule has 0 aliphatic rings. The number of hydrogen-bond donors (Lipinski definition) is 0. The molecule has 0 N–H and O–H groups in total. The van der Waals surface area contributed by atoms with Crippen molar-refractivity contribution in [3.05, 3.63) is 0 Å². The molecule has 7 heteroatoms. The van der Waals surface area contributed by atoms with Crippen LogP contribution in [-0.4, -0.2) is 22.8 Å². The molecule has 0 spiro atoms. The third-order valence-electron chi connectivity index (χ3n) is 3.27. The first-order valence-electron chi connectivity index (χ1n) is 5.30. The van der Waals surface area contributed by atoms with E-state index in [0.717, 1.165) is 24.2 Å². The Morgan fingerprint density at radius 2 is 1.75 bits per heavy atom. The van der Waals surface area contributed by atoms with Gasteiger partial charge in [0, 0.05) is 6.42 Å². The zero-order valence-electron chi connectivity index (χ0n) is 11.6. The minimum absolute atomic E-state index is 0. The molecule has 0 saturated carbocycles. The molecule has 0 fully saturated rings. The topological polar surface area (TPSA) is 66.4 Å². The van der Waals surface area contributed by atoms with Gasteiger partial charge in [-0.1, -0.05) is 38.9 Å². The Balaban J connectivity index is -0.000000980. The molecule has 0 aliphatic carbocycles. The first-order valence-corrected chi connectivity index (χ1v) is 9.13. The first-order chi connectivity index (χ1) is 6.99. The molecule has 0 rings (SSSR count). The SMILES string of the molecule is CC[Si](CC)(CC)CCC(=O)OS(=O)[O-].[H-].[Li+]. The summed E-state index contributed by atoms with van der Waals surface area (Å²) in [5.74, 6) is -0.629. The molecule has 0 heterocycles. The number of rotatable bonds is 7. The van der Waals surface area contributed by atoms with E-state index in [-0.39, 0.29) is 26.7 Å². The molecule has 4 nitrogen and oxygen atoms in total. The first kappa shape index (κ1) is 18.8. The van der Waals surface area contributed by atoms with Gasteiger partial charge in [0.05, 0.1) is 8.07 Å². The van der Waals surface area contributed by atoms with Gasteiger partial charge in [-0.15, -0.1) is 0 Å². The predicted molar refractivity (Wildman–Crippen MR) is 62.7 cm³/mol. The molecule has 92 valence electrons. The van der Waals surface area contributed by atoms with Crippen LogP contribution in [0.3, 0.4) is 0 Å².